The molecule has 0 saturated carbocycles. The smallest absolute Gasteiger partial charge is 0.411 e. The lowest BCUT2D eigenvalue weighted by molar-refractivity contribution is 0.156. The van der Waals surface area contributed by atoms with Gasteiger partial charge in [-0.1, -0.05) is 11.6 Å². The maximum absolute atomic E-state index is 13.3. The lowest BCUT2D eigenvalue weighted by Gasteiger charge is -2.06. The number of thiazole rings is 1. The number of nitrogens with one attached hydrogen (secondary N) is 1. The van der Waals surface area contributed by atoms with Crippen molar-refractivity contribution in [2.75, 3.05) is 5.32 Å². The summed E-state index contributed by atoms with van der Waals surface area (Å²) >= 11 is 7.46. The van der Waals surface area contributed by atoms with Crippen molar-refractivity contribution in [3.05, 3.63) is 64.1 Å². The molecule has 6 nitrogen and oxygen atoms in total. The number of carbonyl (C=O) groups is 1. The fourth-order valence-corrected chi connectivity index (χ4v) is 4.17. The van der Waals surface area contributed by atoms with E-state index in [1.807, 2.05) is 24.6 Å². The molecule has 2 aromatic heterocycles. The van der Waals surface area contributed by atoms with E-state index in [-0.39, 0.29) is 11.6 Å². The Morgan fingerprint density at radius 1 is 1.31 bits per heavy atom. The Hall–Kier alpha value is -2.97. The number of ether oxygens (including phenoxy) is 1. The Morgan fingerprint density at radius 3 is 2.93 bits per heavy atom. The number of carbonyl (C=O) groups excluding carboxylic acids is 1. The lowest BCUT2D eigenvalue weighted by Crippen LogP contribution is -2.13. The van der Waals surface area contributed by atoms with E-state index in [1.165, 1.54) is 23.5 Å². The van der Waals surface area contributed by atoms with Gasteiger partial charge in [0.2, 0.25) is 0 Å². The second kappa shape index (κ2) is 7.81. The summed E-state index contributed by atoms with van der Waals surface area (Å²) in [5.41, 5.74) is 3.72. The van der Waals surface area contributed by atoms with Gasteiger partial charge in [-0.05, 0) is 43.3 Å². The van der Waals surface area contributed by atoms with Gasteiger partial charge in [0.25, 0.3) is 0 Å². The molecule has 0 aliphatic carbocycles. The number of amides is 1. The molecule has 1 amide bonds. The van der Waals surface area contributed by atoms with Crippen LogP contribution in [0.1, 0.15) is 10.6 Å². The number of hydrogen-bond acceptors (Lipinski definition) is 5. The largest absolute Gasteiger partial charge is 0.444 e. The van der Waals surface area contributed by atoms with Gasteiger partial charge in [0, 0.05) is 18.3 Å². The maximum atomic E-state index is 13.3. The first-order valence-corrected chi connectivity index (χ1v) is 9.87. The van der Waals surface area contributed by atoms with Gasteiger partial charge in [0.15, 0.2) is 0 Å². The summed E-state index contributed by atoms with van der Waals surface area (Å²) < 4.78 is 20.5. The van der Waals surface area contributed by atoms with Crippen molar-refractivity contribution >= 4 is 45.8 Å². The van der Waals surface area contributed by atoms with E-state index in [2.05, 4.69) is 15.3 Å². The van der Waals surface area contributed by atoms with Crippen LogP contribution in [0.3, 0.4) is 0 Å². The third-order valence-corrected chi connectivity index (χ3v) is 5.84. The molecule has 148 valence electrons. The van der Waals surface area contributed by atoms with Crippen molar-refractivity contribution in [1.29, 1.82) is 0 Å². The van der Waals surface area contributed by atoms with Crippen molar-refractivity contribution in [2.24, 2.45) is 7.05 Å². The number of aromatic nitrogens is 3. The Morgan fingerprint density at radius 2 is 2.14 bits per heavy atom. The first-order chi connectivity index (χ1) is 13.9. The monoisotopic (exact) mass is 430 g/mol. The molecule has 0 spiro atoms. The van der Waals surface area contributed by atoms with E-state index < -0.39 is 11.9 Å². The standard InChI is InChI=1S/C20H16ClFN4O2S/c1-11-18(29-19(24-11)14-5-3-12(22)7-15(14)21)9-28-20(27)25-13-4-6-17-16(8-13)23-10-26(17)2/h3-8,10H,9H2,1-2H3,(H,25,27). The molecule has 0 aliphatic rings. The summed E-state index contributed by atoms with van der Waals surface area (Å²) in [6, 6.07) is 9.61. The van der Waals surface area contributed by atoms with E-state index in [1.54, 1.807) is 24.5 Å². The highest BCUT2D eigenvalue weighted by atomic mass is 35.5. The van der Waals surface area contributed by atoms with Gasteiger partial charge in [0.05, 0.1) is 33.0 Å². The highest BCUT2D eigenvalue weighted by molar-refractivity contribution is 7.15. The van der Waals surface area contributed by atoms with Crippen molar-refractivity contribution in [3.8, 4) is 10.6 Å². The number of benzene rings is 2. The molecule has 0 aliphatic heterocycles. The summed E-state index contributed by atoms with van der Waals surface area (Å²) in [4.78, 5) is 21.7. The third kappa shape index (κ3) is 4.08. The fourth-order valence-electron chi connectivity index (χ4n) is 2.84. The number of anilines is 1. The second-order valence-corrected chi connectivity index (χ2v) is 7.90. The Labute approximate surface area is 174 Å². The first-order valence-electron chi connectivity index (χ1n) is 8.67. The Balaban J connectivity index is 1.43. The molecule has 0 unspecified atom stereocenters. The predicted octanol–water partition coefficient (Wildman–Crippen LogP) is 5.55. The number of rotatable bonds is 4. The van der Waals surface area contributed by atoms with Gasteiger partial charge in [-0.25, -0.2) is 19.2 Å². The molecule has 0 fully saturated rings. The number of hydrogen-bond donors (Lipinski definition) is 1. The topological polar surface area (TPSA) is 69.0 Å². The van der Waals surface area contributed by atoms with E-state index in [0.717, 1.165) is 21.6 Å². The number of fused-ring (bicyclic) bond motifs is 1. The zero-order valence-corrected chi connectivity index (χ0v) is 17.1. The van der Waals surface area contributed by atoms with Crippen LogP contribution < -0.4 is 5.32 Å². The molecule has 2 aromatic carbocycles. The van der Waals surface area contributed by atoms with Gasteiger partial charge in [0.1, 0.15) is 17.4 Å². The van der Waals surface area contributed by atoms with Crippen LogP contribution in [0.25, 0.3) is 21.6 Å². The van der Waals surface area contributed by atoms with E-state index in [9.17, 15) is 9.18 Å². The normalized spacial score (nSPS) is 11.0. The quantitative estimate of drug-likeness (QED) is 0.461. The average Bonchev–Trinajstić information content (AvgIpc) is 3.22. The Bertz CT molecular complexity index is 1220. The maximum Gasteiger partial charge on any atom is 0.411 e. The average molecular weight is 431 g/mol. The summed E-state index contributed by atoms with van der Waals surface area (Å²) in [5, 5.41) is 3.63. The molecule has 4 rings (SSSR count). The number of halogens is 2. The molecule has 2 heterocycles. The number of imidazole rings is 1. The van der Waals surface area contributed by atoms with Crippen molar-refractivity contribution in [2.45, 2.75) is 13.5 Å². The van der Waals surface area contributed by atoms with Crippen LogP contribution in [0.15, 0.2) is 42.7 Å². The molecule has 1 N–H and O–H groups in total. The lowest BCUT2D eigenvalue weighted by atomic mass is 10.2. The summed E-state index contributed by atoms with van der Waals surface area (Å²) in [5.74, 6) is -0.406. The molecule has 0 saturated heterocycles. The van der Waals surface area contributed by atoms with Crippen molar-refractivity contribution < 1.29 is 13.9 Å². The van der Waals surface area contributed by atoms with Crippen LogP contribution >= 0.6 is 22.9 Å². The second-order valence-electron chi connectivity index (χ2n) is 6.41. The third-order valence-electron chi connectivity index (χ3n) is 4.36. The highest BCUT2D eigenvalue weighted by Crippen LogP contribution is 2.33. The molecule has 29 heavy (non-hydrogen) atoms. The van der Waals surface area contributed by atoms with Gasteiger partial charge in [-0.15, -0.1) is 11.3 Å². The molecule has 0 atom stereocenters. The van der Waals surface area contributed by atoms with Gasteiger partial charge in [-0.3, -0.25) is 5.32 Å². The Kier molecular flexibility index (Phi) is 5.21. The summed E-state index contributed by atoms with van der Waals surface area (Å²) in [6.45, 7) is 1.89. The van der Waals surface area contributed by atoms with E-state index in [0.29, 0.717) is 16.3 Å². The molecular weight excluding hydrogens is 415 g/mol. The van der Waals surface area contributed by atoms with E-state index >= 15 is 0 Å². The molecule has 0 bridgehead atoms. The molecular formula is C20H16ClFN4O2S. The van der Waals surface area contributed by atoms with Crippen LogP contribution in [-0.4, -0.2) is 20.6 Å². The predicted molar refractivity (Wildman–Crippen MR) is 112 cm³/mol. The molecule has 0 radical (unpaired) electrons. The molecule has 9 heteroatoms. The van der Waals surface area contributed by atoms with E-state index in [4.69, 9.17) is 16.3 Å². The van der Waals surface area contributed by atoms with Crippen molar-refractivity contribution in [3.63, 3.8) is 0 Å². The van der Waals surface area contributed by atoms with Crippen LogP contribution in [0.5, 0.6) is 0 Å². The van der Waals surface area contributed by atoms with Crippen LogP contribution in [0, 0.1) is 12.7 Å². The zero-order valence-electron chi connectivity index (χ0n) is 15.6. The van der Waals surface area contributed by atoms with Crippen molar-refractivity contribution in [1.82, 2.24) is 14.5 Å². The number of aryl methyl sites for hydroxylation is 2. The van der Waals surface area contributed by atoms with Crippen LogP contribution in [0.4, 0.5) is 14.9 Å². The number of nitrogens with zero attached hydrogens (tertiary/aromatic N) is 3. The van der Waals surface area contributed by atoms with Crippen LogP contribution in [0.2, 0.25) is 5.02 Å². The van der Waals surface area contributed by atoms with Gasteiger partial charge in [-0.2, -0.15) is 0 Å². The first kappa shape index (κ1) is 19.4. The van der Waals surface area contributed by atoms with Gasteiger partial charge < -0.3 is 9.30 Å². The minimum Gasteiger partial charge on any atom is -0.444 e. The summed E-state index contributed by atoms with van der Waals surface area (Å²) in [7, 11) is 1.90. The zero-order chi connectivity index (χ0) is 20.5. The highest BCUT2D eigenvalue weighted by Gasteiger charge is 2.14. The summed E-state index contributed by atoms with van der Waals surface area (Å²) in [6.07, 6.45) is 1.14. The molecule has 4 aromatic rings. The van der Waals surface area contributed by atoms with Gasteiger partial charge >= 0.3 is 6.09 Å². The minimum absolute atomic E-state index is 0.0694. The fraction of sp³-hybridized carbons (Fsp3) is 0.150. The SMILES string of the molecule is Cc1nc(-c2ccc(F)cc2Cl)sc1COC(=O)Nc1ccc2c(c1)ncn2C. The van der Waals surface area contributed by atoms with Crippen LogP contribution in [-0.2, 0) is 18.4 Å². The minimum atomic E-state index is -0.575.